The average Bonchev–Trinajstić information content (AvgIpc) is 3.00. The van der Waals surface area contributed by atoms with E-state index in [1.807, 2.05) is 0 Å². The van der Waals surface area contributed by atoms with Gasteiger partial charge >= 0.3 is 0 Å². The van der Waals surface area contributed by atoms with Crippen LogP contribution in [0.4, 0.5) is 10.3 Å². The Balaban J connectivity index is 1.79. The summed E-state index contributed by atoms with van der Waals surface area (Å²) in [6, 6.07) is 4.83. The fourth-order valence-corrected chi connectivity index (χ4v) is 2.74. The third-order valence-electron chi connectivity index (χ3n) is 3.91. The number of aromatic nitrogens is 3. The van der Waals surface area contributed by atoms with Crippen LogP contribution in [0.1, 0.15) is 12.8 Å². The van der Waals surface area contributed by atoms with E-state index in [1.54, 1.807) is 12.1 Å². The second-order valence-corrected chi connectivity index (χ2v) is 5.66. The summed E-state index contributed by atoms with van der Waals surface area (Å²) in [6.07, 6.45) is 2.07. The Morgan fingerprint density at radius 2 is 2.14 bits per heavy atom. The molecule has 0 radical (unpaired) electrons. The Hall–Kier alpha value is -1.66. The first-order valence-corrected chi connectivity index (χ1v) is 7.38. The summed E-state index contributed by atoms with van der Waals surface area (Å²) >= 11 is 5.79. The van der Waals surface area contributed by atoms with Crippen molar-refractivity contribution in [2.45, 2.75) is 12.8 Å². The van der Waals surface area contributed by atoms with Crippen molar-refractivity contribution in [2.24, 2.45) is 11.7 Å². The molecule has 3 rings (SSSR count). The van der Waals surface area contributed by atoms with E-state index in [-0.39, 0.29) is 5.02 Å². The predicted molar refractivity (Wildman–Crippen MR) is 80.8 cm³/mol. The highest BCUT2D eigenvalue weighted by molar-refractivity contribution is 6.31. The number of nitrogens with zero attached hydrogens (tertiary/aromatic N) is 3. The van der Waals surface area contributed by atoms with Crippen LogP contribution < -0.4 is 10.6 Å². The molecule has 7 heteroatoms. The maximum Gasteiger partial charge on any atom is 0.245 e. The number of H-pyrrole nitrogens is 1. The van der Waals surface area contributed by atoms with Crippen molar-refractivity contribution in [1.82, 2.24) is 15.2 Å². The van der Waals surface area contributed by atoms with Gasteiger partial charge in [0.15, 0.2) is 11.6 Å². The van der Waals surface area contributed by atoms with Crippen LogP contribution >= 0.6 is 11.6 Å². The Bertz CT molecular complexity index is 622. The minimum Gasteiger partial charge on any atom is -0.340 e. The van der Waals surface area contributed by atoms with Crippen LogP contribution in [0.5, 0.6) is 0 Å². The number of hydrogen-bond donors (Lipinski definition) is 2. The SMILES string of the molecule is NCC1CCN(c2n[nH]c(-c3cccc(Cl)c3F)n2)CC1. The maximum atomic E-state index is 14.0. The molecule has 5 nitrogen and oxygen atoms in total. The first kappa shape index (κ1) is 14.3. The van der Waals surface area contributed by atoms with Crippen molar-refractivity contribution in [3.05, 3.63) is 29.0 Å². The van der Waals surface area contributed by atoms with Gasteiger partial charge in [-0.15, -0.1) is 5.10 Å². The quantitative estimate of drug-likeness (QED) is 0.913. The van der Waals surface area contributed by atoms with Crippen LogP contribution in [0.15, 0.2) is 18.2 Å². The Morgan fingerprint density at radius 3 is 2.86 bits per heavy atom. The van der Waals surface area contributed by atoms with Crippen LogP contribution in [0.2, 0.25) is 5.02 Å². The molecule has 2 aromatic rings. The second-order valence-electron chi connectivity index (χ2n) is 5.25. The molecule has 1 aliphatic heterocycles. The van der Waals surface area contributed by atoms with Crippen LogP contribution in [-0.2, 0) is 0 Å². The molecular weight excluding hydrogens is 293 g/mol. The van der Waals surface area contributed by atoms with Crippen LogP contribution in [0.3, 0.4) is 0 Å². The van der Waals surface area contributed by atoms with Crippen molar-refractivity contribution in [1.29, 1.82) is 0 Å². The minimum atomic E-state index is -0.483. The normalized spacial score (nSPS) is 16.4. The van der Waals surface area contributed by atoms with Gasteiger partial charge in [-0.3, -0.25) is 5.10 Å². The largest absolute Gasteiger partial charge is 0.340 e. The van der Waals surface area contributed by atoms with Gasteiger partial charge in [-0.1, -0.05) is 17.7 Å². The molecule has 21 heavy (non-hydrogen) atoms. The zero-order valence-corrected chi connectivity index (χ0v) is 12.3. The lowest BCUT2D eigenvalue weighted by Crippen LogP contribution is -2.36. The third kappa shape index (κ3) is 2.87. The molecule has 0 atom stereocenters. The lowest BCUT2D eigenvalue weighted by atomic mass is 9.97. The number of nitrogens with two attached hydrogens (primary N) is 1. The first-order chi connectivity index (χ1) is 10.2. The van der Waals surface area contributed by atoms with Crippen LogP contribution in [0, 0.1) is 11.7 Å². The molecule has 1 aliphatic rings. The molecule has 2 heterocycles. The summed E-state index contributed by atoms with van der Waals surface area (Å²) in [7, 11) is 0. The molecule has 0 unspecified atom stereocenters. The smallest absolute Gasteiger partial charge is 0.245 e. The summed E-state index contributed by atoms with van der Waals surface area (Å²) in [5, 5.41) is 7.05. The molecule has 0 spiro atoms. The van der Waals surface area contributed by atoms with E-state index in [1.165, 1.54) is 6.07 Å². The maximum absolute atomic E-state index is 14.0. The zero-order valence-electron chi connectivity index (χ0n) is 11.5. The zero-order chi connectivity index (χ0) is 14.8. The van der Waals surface area contributed by atoms with Gasteiger partial charge in [-0.05, 0) is 37.4 Å². The number of nitrogens with one attached hydrogen (secondary N) is 1. The molecular formula is C14H17ClFN5. The van der Waals surface area contributed by atoms with Crippen molar-refractivity contribution in [2.75, 3.05) is 24.5 Å². The molecule has 0 amide bonds. The van der Waals surface area contributed by atoms with E-state index in [9.17, 15) is 4.39 Å². The molecule has 1 aromatic carbocycles. The molecule has 3 N–H and O–H groups in total. The fourth-order valence-electron chi connectivity index (χ4n) is 2.57. The van der Waals surface area contributed by atoms with Gasteiger partial charge in [-0.2, -0.15) is 4.98 Å². The highest BCUT2D eigenvalue weighted by atomic mass is 35.5. The molecule has 1 saturated heterocycles. The van der Waals surface area contributed by atoms with E-state index in [4.69, 9.17) is 17.3 Å². The lowest BCUT2D eigenvalue weighted by molar-refractivity contribution is 0.411. The summed E-state index contributed by atoms with van der Waals surface area (Å²) < 4.78 is 14.0. The average molecular weight is 310 g/mol. The molecule has 1 fully saturated rings. The molecule has 0 aliphatic carbocycles. The summed E-state index contributed by atoms with van der Waals surface area (Å²) in [5.74, 6) is 1.08. The standard InChI is InChI=1S/C14H17ClFN5/c15-11-3-1-2-10(12(11)16)13-18-14(20-19-13)21-6-4-9(8-17)5-7-21/h1-3,9H,4-8,17H2,(H,18,19,20). The topological polar surface area (TPSA) is 70.8 Å². The second kappa shape index (κ2) is 5.99. The Kier molecular flexibility index (Phi) is 4.07. The van der Waals surface area contributed by atoms with Crippen LogP contribution in [0.25, 0.3) is 11.4 Å². The summed E-state index contributed by atoms with van der Waals surface area (Å²) in [5.41, 5.74) is 6.02. The van der Waals surface area contributed by atoms with Gasteiger partial charge in [0.2, 0.25) is 5.95 Å². The fraction of sp³-hybridized carbons (Fsp3) is 0.429. The number of anilines is 1. The van der Waals surface area contributed by atoms with Gasteiger partial charge in [-0.25, -0.2) is 4.39 Å². The van der Waals surface area contributed by atoms with E-state index in [0.29, 0.717) is 23.3 Å². The summed E-state index contributed by atoms with van der Waals surface area (Å²) in [4.78, 5) is 6.48. The highest BCUT2D eigenvalue weighted by Gasteiger charge is 2.22. The van der Waals surface area contributed by atoms with Crippen molar-refractivity contribution in [3.63, 3.8) is 0 Å². The first-order valence-electron chi connectivity index (χ1n) is 7.01. The van der Waals surface area contributed by atoms with Crippen molar-refractivity contribution in [3.8, 4) is 11.4 Å². The molecule has 0 bridgehead atoms. The van der Waals surface area contributed by atoms with Gasteiger partial charge in [0.25, 0.3) is 0 Å². The number of piperidine rings is 1. The summed E-state index contributed by atoms with van der Waals surface area (Å²) in [6.45, 7) is 2.47. The highest BCUT2D eigenvalue weighted by Crippen LogP contribution is 2.27. The molecule has 112 valence electrons. The van der Waals surface area contributed by atoms with E-state index in [0.717, 1.165) is 32.5 Å². The number of rotatable bonds is 3. The van der Waals surface area contributed by atoms with Gasteiger partial charge in [0.1, 0.15) is 0 Å². The minimum absolute atomic E-state index is 0.0780. The van der Waals surface area contributed by atoms with Crippen LogP contribution in [-0.4, -0.2) is 34.8 Å². The van der Waals surface area contributed by atoms with Gasteiger partial charge < -0.3 is 10.6 Å². The van der Waals surface area contributed by atoms with Crippen molar-refractivity contribution >= 4 is 17.5 Å². The van der Waals surface area contributed by atoms with Gasteiger partial charge in [0, 0.05) is 13.1 Å². The number of hydrogen-bond acceptors (Lipinski definition) is 4. The van der Waals surface area contributed by atoms with Crippen molar-refractivity contribution < 1.29 is 4.39 Å². The molecule has 0 saturated carbocycles. The lowest BCUT2D eigenvalue weighted by Gasteiger charge is -2.30. The van der Waals surface area contributed by atoms with E-state index < -0.39 is 5.82 Å². The third-order valence-corrected chi connectivity index (χ3v) is 4.20. The monoisotopic (exact) mass is 309 g/mol. The Labute approximate surface area is 127 Å². The Morgan fingerprint density at radius 1 is 1.38 bits per heavy atom. The van der Waals surface area contributed by atoms with E-state index in [2.05, 4.69) is 20.1 Å². The number of aromatic amines is 1. The number of benzene rings is 1. The number of halogens is 2. The molecule has 1 aromatic heterocycles. The van der Waals surface area contributed by atoms with E-state index >= 15 is 0 Å². The predicted octanol–water partition coefficient (Wildman–Crippen LogP) is 2.44. The van der Waals surface area contributed by atoms with Gasteiger partial charge in [0.05, 0.1) is 10.6 Å².